The van der Waals surface area contributed by atoms with Gasteiger partial charge in [-0.15, -0.1) is 11.8 Å². The Morgan fingerprint density at radius 1 is 1.35 bits per heavy atom. The lowest BCUT2D eigenvalue weighted by Gasteiger charge is -2.53. The van der Waals surface area contributed by atoms with Gasteiger partial charge < -0.3 is 14.7 Å². The zero-order valence-corrected chi connectivity index (χ0v) is 22.1. The third-order valence-corrected chi connectivity index (χ3v) is 9.76. The van der Waals surface area contributed by atoms with Crippen LogP contribution >= 0.6 is 11.8 Å². The molecule has 34 heavy (non-hydrogen) atoms. The van der Waals surface area contributed by atoms with Crippen molar-refractivity contribution in [3.8, 4) is 0 Å². The van der Waals surface area contributed by atoms with Crippen LogP contribution in [0.1, 0.15) is 59.8 Å². The van der Waals surface area contributed by atoms with Gasteiger partial charge in [0.2, 0.25) is 0 Å². The summed E-state index contributed by atoms with van der Waals surface area (Å²) < 4.78 is 5.57. The van der Waals surface area contributed by atoms with E-state index in [0.717, 1.165) is 42.3 Å². The average Bonchev–Trinajstić information content (AvgIpc) is 2.80. The number of pyridine rings is 1. The van der Waals surface area contributed by atoms with Crippen molar-refractivity contribution in [3.05, 3.63) is 36.0 Å². The van der Waals surface area contributed by atoms with Crippen LogP contribution in [0.3, 0.4) is 0 Å². The highest BCUT2D eigenvalue weighted by molar-refractivity contribution is 7.99. The van der Waals surface area contributed by atoms with Crippen LogP contribution in [0.5, 0.6) is 0 Å². The number of hydrogen-bond acceptors (Lipinski definition) is 6. The zero-order chi connectivity index (χ0) is 24.3. The fourth-order valence-electron chi connectivity index (χ4n) is 6.63. The molecule has 1 saturated carbocycles. The maximum atomic E-state index is 11.8. The summed E-state index contributed by atoms with van der Waals surface area (Å²) in [6.45, 7) is 11.5. The maximum Gasteiger partial charge on any atom is 0.303 e. The minimum atomic E-state index is -0.791. The Morgan fingerprint density at radius 2 is 2.18 bits per heavy atom. The van der Waals surface area contributed by atoms with Gasteiger partial charge >= 0.3 is 5.97 Å². The number of piperidine rings is 1. The highest BCUT2D eigenvalue weighted by Gasteiger charge is 2.52. The first-order chi connectivity index (χ1) is 16.3. The summed E-state index contributed by atoms with van der Waals surface area (Å²) >= 11 is 1.88. The second-order valence-electron chi connectivity index (χ2n) is 11.1. The summed E-state index contributed by atoms with van der Waals surface area (Å²) in [4.78, 5) is 18.7. The van der Waals surface area contributed by atoms with E-state index in [2.05, 4.69) is 48.9 Å². The maximum absolute atomic E-state index is 11.8. The number of aromatic nitrogens is 1. The molecule has 2 fully saturated rings. The summed E-state index contributed by atoms with van der Waals surface area (Å²) in [6.07, 6.45) is 9.10. The Morgan fingerprint density at radius 3 is 2.91 bits per heavy atom. The van der Waals surface area contributed by atoms with Crippen molar-refractivity contribution >= 4 is 17.7 Å². The minimum absolute atomic E-state index is 0.137. The summed E-state index contributed by atoms with van der Waals surface area (Å²) in [6, 6.07) is 6.14. The van der Waals surface area contributed by atoms with Crippen LogP contribution in [-0.2, 0) is 9.53 Å². The molecule has 7 atom stereocenters. The van der Waals surface area contributed by atoms with E-state index < -0.39 is 5.60 Å². The van der Waals surface area contributed by atoms with Crippen molar-refractivity contribution in [3.63, 3.8) is 0 Å². The molecule has 5 nitrogen and oxygen atoms in total. The van der Waals surface area contributed by atoms with Crippen LogP contribution in [0.4, 0.5) is 0 Å². The predicted molar refractivity (Wildman–Crippen MR) is 138 cm³/mol. The van der Waals surface area contributed by atoms with E-state index in [4.69, 9.17) is 4.74 Å². The number of nitrogens with zero attached hydrogens (tertiary/aromatic N) is 2. The number of esters is 1. The largest absolute Gasteiger partial charge is 0.458 e. The molecular weight excluding hydrogens is 444 g/mol. The molecule has 0 amide bonds. The first-order valence-corrected chi connectivity index (χ1v) is 14.1. The van der Waals surface area contributed by atoms with Gasteiger partial charge in [0, 0.05) is 44.3 Å². The molecule has 1 aromatic heterocycles. The summed E-state index contributed by atoms with van der Waals surface area (Å²) in [7, 11) is 0. The van der Waals surface area contributed by atoms with E-state index in [9.17, 15) is 9.90 Å². The first-order valence-electron chi connectivity index (χ1n) is 13.1. The summed E-state index contributed by atoms with van der Waals surface area (Å²) in [5.41, 5.74) is 0.307. The number of thioether (sulfide) groups is 1. The minimum Gasteiger partial charge on any atom is -0.458 e. The molecule has 1 aliphatic heterocycles. The van der Waals surface area contributed by atoms with Crippen LogP contribution in [-0.4, -0.2) is 58.1 Å². The van der Waals surface area contributed by atoms with E-state index in [1.165, 1.54) is 26.3 Å². The van der Waals surface area contributed by atoms with E-state index in [-0.39, 0.29) is 23.9 Å². The third-order valence-electron chi connectivity index (χ3n) is 8.58. The highest BCUT2D eigenvalue weighted by Crippen LogP contribution is 2.51. The topological polar surface area (TPSA) is 62.7 Å². The van der Waals surface area contributed by atoms with Gasteiger partial charge in [-0.2, -0.15) is 0 Å². The number of carbonyl (C=O) groups excluding carboxylic acids is 1. The molecule has 2 heterocycles. The molecule has 0 spiro atoms. The van der Waals surface area contributed by atoms with Crippen molar-refractivity contribution in [2.75, 3.05) is 25.4 Å². The average molecular weight is 487 g/mol. The van der Waals surface area contributed by atoms with Crippen molar-refractivity contribution in [2.45, 2.75) is 76.5 Å². The third kappa shape index (κ3) is 5.88. The SMILES string of the molecule is CC(=O)O[C@@H]1C[C@@]2(O)[C@H](C)CC[C@@H]([C@H](C)CN3CCCC(CSc4ccccn4)C3)[C@H]2C=C1C. The number of fused-ring (bicyclic) bond motifs is 1. The number of likely N-dealkylation sites (tertiary alicyclic amines) is 1. The second-order valence-corrected chi connectivity index (χ2v) is 12.1. The Balaban J connectivity index is 1.38. The molecule has 3 aliphatic rings. The number of hydrogen-bond donors (Lipinski definition) is 1. The lowest BCUT2D eigenvalue weighted by molar-refractivity contribution is -0.159. The van der Waals surface area contributed by atoms with Crippen molar-refractivity contribution in [1.82, 2.24) is 9.88 Å². The van der Waals surface area contributed by atoms with Gasteiger partial charge in [-0.05, 0) is 80.5 Å². The fraction of sp³-hybridized carbons (Fsp3) is 0.714. The normalized spacial score (nSPS) is 35.2. The van der Waals surface area contributed by atoms with Gasteiger partial charge in [-0.3, -0.25) is 4.79 Å². The molecule has 0 aromatic carbocycles. The molecule has 4 rings (SSSR count). The Kier molecular flexibility index (Phi) is 8.42. The highest BCUT2D eigenvalue weighted by atomic mass is 32.2. The van der Waals surface area contributed by atoms with E-state index in [1.807, 2.05) is 24.0 Å². The standard InChI is InChI=1S/C28H42N2O3S/c1-19-14-25-24(11-10-21(3)28(25,32)15-26(19)33-22(4)31)20(2)16-30-13-7-8-23(17-30)18-34-27-9-5-6-12-29-27/h5-6,9,12,14,20-21,23-26,32H,7-8,10-11,13,15-18H2,1-4H3/t20-,21-,23?,24+,25-,26-,28-/m1/s1. The molecule has 0 bridgehead atoms. The number of carbonyl (C=O) groups is 1. The smallest absolute Gasteiger partial charge is 0.303 e. The molecule has 188 valence electrons. The van der Waals surface area contributed by atoms with Crippen molar-refractivity contribution in [2.24, 2.45) is 29.6 Å². The molecule has 0 radical (unpaired) electrons. The molecule has 2 aliphatic carbocycles. The van der Waals surface area contributed by atoms with E-state index in [0.29, 0.717) is 24.2 Å². The molecule has 1 unspecified atom stereocenters. The Labute approximate surface area is 209 Å². The predicted octanol–water partition coefficient (Wildman–Crippen LogP) is 5.20. The van der Waals surface area contributed by atoms with E-state index >= 15 is 0 Å². The van der Waals surface area contributed by atoms with Crippen LogP contribution in [0.2, 0.25) is 0 Å². The lowest BCUT2D eigenvalue weighted by Crippen LogP contribution is -2.56. The van der Waals surface area contributed by atoms with Crippen molar-refractivity contribution < 1.29 is 14.6 Å². The van der Waals surface area contributed by atoms with Gasteiger partial charge in [0.15, 0.2) is 0 Å². The number of rotatable bonds is 7. The van der Waals surface area contributed by atoms with Gasteiger partial charge in [-0.1, -0.05) is 26.0 Å². The first kappa shape index (κ1) is 25.7. The van der Waals surface area contributed by atoms with Crippen LogP contribution in [0.15, 0.2) is 41.1 Å². The monoisotopic (exact) mass is 486 g/mol. The quantitative estimate of drug-likeness (QED) is 0.325. The fourth-order valence-corrected chi connectivity index (χ4v) is 7.62. The van der Waals surface area contributed by atoms with Gasteiger partial charge in [0.05, 0.1) is 10.6 Å². The molecular formula is C28H42N2O3S. The second kappa shape index (κ2) is 11.1. The van der Waals surface area contributed by atoms with E-state index in [1.54, 1.807) is 0 Å². The number of aliphatic hydroxyl groups is 1. The van der Waals surface area contributed by atoms with Crippen LogP contribution < -0.4 is 0 Å². The zero-order valence-electron chi connectivity index (χ0n) is 21.3. The van der Waals surface area contributed by atoms with Gasteiger partial charge in [-0.25, -0.2) is 4.98 Å². The summed E-state index contributed by atoms with van der Waals surface area (Å²) in [5, 5.41) is 13.0. The van der Waals surface area contributed by atoms with Gasteiger partial charge in [0.25, 0.3) is 0 Å². The lowest BCUT2D eigenvalue weighted by atomic mass is 9.57. The van der Waals surface area contributed by atoms with Crippen LogP contribution in [0.25, 0.3) is 0 Å². The van der Waals surface area contributed by atoms with Crippen LogP contribution in [0, 0.1) is 29.6 Å². The Hall–Kier alpha value is -1.37. The van der Waals surface area contributed by atoms with Crippen molar-refractivity contribution in [1.29, 1.82) is 0 Å². The number of ether oxygens (including phenoxy) is 1. The molecule has 1 N–H and O–H groups in total. The molecule has 1 aromatic rings. The van der Waals surface area contributed by atoms with Gasteiger partial charge in [0.1, 0.15) is 6.10 Å². The Bertz CT molecular complexity index is 862. The molecule has 1 saturated heterocycles. The summed E-state index contributed by atoms with van der Waals surface area (Å²) in [5.74, 6) is 2.89. The molecule has 6 heteroatoms.